The van der Waals surface area contributed by atoms with Crippen molar-refractivity contribution < 1.29 is 13.2 Å². The lowest BCUT2D eigenvalue weighted by molar-refractivity contribution is 0.141. The Morgan fingerprint density at radius 2 is 2.20 bits per heavy atom. The van der Waals surface area contributed by atoms with Gasteiger partial charge >= 0.3 is 0 Å². The van der Waals surface area contributed by atoms with Crippen LogP contribution in [0.25, 0.3) is 0 Å². The van der Waals surface area contributed by atoms with Gasteiger partial charge in [-0.1, -0.05) is 0 Å². The average molecular weight is 236 g/mol. The van der Waals surface area contributed by atoms with Crippen molar-refractivity contribution in [1.29, 1.82) is 0 Å². The molecule has 1 aliphatic heterocycles. The molecule has 0 bridgehead atoms. The van der Waals surface area contributed by atoms with Crippen LogP contribution in [-0.4, -0.2) is 46.0 Å². The molecule has 1 aliphatic rings. The zero-order valence-corrected chi connectivity index (χ0v) is 10.4. The molecule has 0 aliphatic carbocycles. The van der Waals surface area contributed by atoms with Crippen molar-refractivity contribution in [1.82, 2.24) is 10.0 Å². The summed E-state index contributed by atoms with van der Waals surface area (Å²) in [4.78, 5) is 0. The topological polar surface area (TPSA) is 67.4 Å². The number of ether oxygens (including phenoxy) is 1. The number of hydrogen-bond donors (Lipinski definition) is 2. The van der Waals surface area contributed by atoms with Gasteiger partial charge in [-0.2, -0.15) is 0 Å². The Bertz CT molecular complexity index is 294. The van der Waals surface area contributed by atoms with Crippen LogP contribution in [0.3, 0.4) is 0 Å². The third-order valence-electron chi connectivity index (χ3n) is 2.38. The van der Waals surface area contributed by atoms with E-state index in [9.17, 15) is 8.42 Å². The molecule has 0 aromatic heterocycles. The number of rotatable bonds is 5. The molecule has 1 fully saturated rings. The van der Waals surface area contributed by atoms with Crippen molar-refractivity contribution in [2.45, 2.75) is 31.1 Å². The highest BCUT2D eigenvalue weighted by molar-refractivity contribution is 7.90. The van der Waals surface area contributed by atoms with Crippen LogP contribution in [0, 0.1) is 0 Å². The van der Waals surface area contributed by atoms with Crippen molar-refractivity contribution in [3.63, 3.8) is 0 Å². The van der Waals surface area contributed by atoms with Gasteiger partial charge in [0.05, 0.1) is 17.4 Å². The van der Waals surface area contributed by atoms with Gasteiger partial charge < -0.3 is 10.1 Å². The monoisotopic (exact) mass is 236 g/mol. The minimum absolute atomic E-state index is 0.311. The van der Waals surface area contributed by atoms with E-state index >= 15 is 0 Å². The van der Waals surface area contributed by atoms with E-state index in [4.69, 9.17) is 4.74 Å². The summed E-state index contributed by atoms with van der Waals surface area (Å²) in [5.41, 5.74) is -0.545. The van der Waals surface area contributed by atoms with Crippen LogP contribution in [0.5, 0.6) is 0 Å². The summed E-state index contributed by atoms with van der Waals surface area (Å²) < 4.78 is 31.5. The highest BCUT2D eigenvalue weighted by Crippen LogP contribution is 2.13. The predicted molar refractivity (Wildman–Crippen MR) is 59.3 cm³/mol. The number of hydrogen-bond acceptors (Lipinski definition) is 4. The summed E-state index contributed by atoms with van der Waals surface area (Å²) in [6.45, 7) is 5.31. The lowest BCUT2D eigenvalue weighted by Crippen LogP contribution is -2.50. The predicted octanol–water partition coefficient (Wildman–Crippen LogP) is -0.307. The van der Waals surface area contributed by atoms with Crippen LogP contribution in [0.2, 0.25) is 0 Å². The first-order valence-electron chi connectivity index (χ1n) is 5.10. The molecule has 1 rings (SSSR count). The summed E-state index contributed by atoms with van der Waals surface area (Å²) in [7, 11) is -1.67. The first kappa shape index (κ1) is 12.9. The maximum atomic E-state index is 11.9. The summed E-state index contributed by atoms with van der Waals surface area (Å²) in [5, 5.41) is 2.73. The molecule has 0 amide bonds. The normalized spacial score (nSPS) is 23.3. The maximum Gasteiger partial charge on any atom is 0.216 e. The molecule has 1 unspecified atom stereocenters. The van der Waals surface area contributed by atoms with E-state index in [2.05, 4.69) is 10.0 Å². The van der Waals surface area contributed by atoms with Gasteiger partial charge in [-0.15, -0.1) is 0 Å². The van der Waals surface area contributed by atoms with Gasteiger partial charge in [0.15, 0.2) is 0 Å². The Morgan fingerprint density at radius 1 is 1.53 bits per heavy atom. The zero-order chi connectivity index (χ0) is 11.5. The minimum atomic E-state index is -3.23. The molecule has 1 atom stereocenters. The fraction of sp³-hybridized carbons (Fsp3) is 1.00. The van der Waals surface area contributed by atoms with Gasteiger partial charge in [0, 0.05) is 13.7 Å². The average Bonchev–Trinajstić information content (AvgIpc) is 2.52. The maximum absolute atomic E-state index is 11.9. The molecule has 90 valence electrons. The molecule has 6 heteroatoms. The van der Waals surface area contributed by atoms with Crippen molar-refractivity contribution >= 4 is 10.0 Å². The van der Waals surface area contributed by atoms with Crippen molar-refractivity contribution in [2.75, 3.05) is 26.8 Å². The highest BCUT2D eigenvalue weighted by atomic mass is 32.2. The fourth-order valence-corrected chi connectivity index (χ4v) is 3.51. The molecule has 0 saturated carbocycles. The molecule has 15 heavy (non-hydrogen) atoms. The molecular weight excluding hydrogens is 216 g/mol. The van der Waals surface area contributed by atoms with Crippen LogP contribution >= 0.6 is 0 Å². The first-order chi connectivity index (χ1) is 6.87. The second kappa shape index (κ2) is 4.78. The smallest absolute Gasteiger partial charge is 0.216 e. The largest absolute Gasteiger partial charge is 0.383 e. The van der Waals surface area contributed by atoms with Crippen molar-refractivity contribution in [3.05, 3.63) is 0 Å². The number of nitrogens with one attached hydrogen (secondary N) is 2. The van der Waals surface area contributed by atoms with Crippen LogP contribution in [0.15, 0.2) is 0 Å². The Morgan fingerprint density at radius 3 is 2.67 bits per heavy atom. The molecule has 0 aromatic carbocycles. The molecule has 2 N–H and O–H groups in total. The van der Waals surface area contributed by atoms with Crippen LogP contribution in [0.1, 0.15) is 20.3 Å². The van der Waals surface area contributed by atoms with Gasteiger partial charge in [-0.3, -0.25) is 0 Å². The van der Waals surface area contributed by atoms with E-state index in [1.165, 1.54) is 0 Å². The van der Waals surface area contributed by atoms with E-state index in [1.54, 1.807) is 7.11 Å². The SMILES string of the molecule is COCC(C)(C)NS(=O)(=O)C1CCNC1. The summed E-state index contributed by atoms with van der Waals surface area (Å²) in [5.74, 6) is 0. The van der Waals surface area contributed by atoms with E-state index in [0.717, 1.165) is 6.54 Å². The van der Waals surface area contributed by atoms with Gasteiger partial charge in [0.25, 0.3) is 0 Å². The molecular formula is C9H20N2O3S. The van der Waals surface area contributed by atoms with E-state index < -0.39 is 15.6 Å². The second-order valence-corrected chi connectivity index (χ2v) is 6.54. The molecule has 1 heterocycles. The Balaban J connectivity index is 2.62. The van der Waals surface area contributed by atoms with Crippen molar-refractivity contribution in [3.8, 4) is 0 Å². The lowest BCUT2D eigenvalue weighted by atomic mass is 10.1. The summed E-state index contributed by atoms with van der Waals surface area (Å²) in [6.07, 6.45) is 0.679. The lowest BCUT2D eigenvalue weighted by Gasteiger charge is -2.26. The Kier molecular flexibility index (Phi) is 4.11. The first-order valence-corrected chi connectivity index (χ1v) is 6.64. The summed E-state index contributed by atoms with van der Waals surface area (Å²) in [6, 6.07) is 0. The third kappa shape index (κ3) is 3.71. The van der Waals surface area contributed by atoms with E-state index in [1.807, 2.05) is 13.8 Å². The molecule has 0 radical (unpaired) electrons. The molecule has 1 saturated heterocycles. The summed E-state index contributed by atoms with van der Waals surface area (Å²) >= 11 is 0. The molecule has 0 spiro atoms. The van der Waals surface area contributed by atoms with E-state index in [0.29, 0.717) is 19.6 Å². The van der Waals surface area contributed by atoms with Crippen LogP contribution in [0.4, 0.5) is 0 Å². The molecule has 5 nitrogen and oxygen atoms in total. The Labute approximate surface area is 91.6 Å². The Hall–Kier alpha value is -0.170. The third-order valence-corrected chi connectivity index (χ3v) is 4.49. The minimum Gasteiger partial charge on any atom is -0.383 e. The quantitative estimate of drug-likeness (QED) is 0.687. The second-order valence-electron chi connectivity index (χ2n) is 4.58. The van der Waals surface area contributed by atoms with Gasteiger partial charge in [-0.25, -0.2) is 13.1 Å². The van der Waals surface area contributed by atoms with Gasteiger partial charge in [0.2, 0.25) is 10.0 Å². The van der Waals surface area contributed by atoms with Crippen LogP contribution < -0.4 is 10.0 Å². The zero-order valence-electron chi connectivity index (χ0n) is 9.54. The standard InChI is InChI=1S/C9H20N2O3S/c1-9(2,7-14-3)11-15(12,13)8-4-5-10-6-8/h8,10-11H,4-7H2,1-3H3. The highest BCUT2D eigenvalue weighted by Gasteiger charge is 2.33. The number of sulfonamides is 1. The van der Waals surface area contributed by atoms with E-state index in [-0.39, 0.29) is 5.25 Å². The molecule has 0 aromatic rings. The van der Waals surface area contributed by atoms with Gasteiger partial charge in [-0.05, 0) is 26.8 Å². The fourth-order valence-electron chi connectivity index (χ4n) is 1.75. The van der Waals surface area contributed by atoms with Gasteiger partial charge in [0.1, 0.15) is 0 Å². The van der Waals surface area contributed by atoms with Crippen LogP contribution in [-0.2, 0) is 14.8 Å². The number of methoxy groups -OCH3 is 1. The van der Waals surface area contributed by atoms with Crippen molar-refractivity contribution in [2.24, 2.45) is 0 Å².